The molecule has 0 saturated carbocycles. The summed E-state index contributed by atoms with van der Waals surface area (Å²) in [7, 11) is 0. The van der Waals surface area contributed by atoms with E-state index in [2.05, 4.69) is 0 Å². The van der Waals surface area contributed by atoms with E-state index in [0.717, 1.165) is 11.1 Å². The van der Waals surface area contributed by atoms with Gasteiger partial charge in [-0.05, 0) is 25.0 Å². The van der Waals surface area contributed by atoms with Gasteiger partial charge < -0.3 is 5.41 Å². The minimum atomic E-state index is 0.615. The highest BCUT2D eigenvalue weighted by Crippen LogP contribution is 2.14. The van der Waals surface area contributed by atoms with Gasteiger partial charge in [-0.2, -0.15) is 0 Å². The molecule has 0 aliphatic heterocycles. The molecule has 0 aromatic heterocycles. The number of hydrogen-bond acceptors (Lipinski definition) is 1. The maximum Gasteiger partial charge on any atom is 0.0357 e. The van der Waals surface area contributed by atoms with Gasteiger partial charge in [0.1, 0.15) is 0 Å². The molecule has 62 valence electrons. The Morgan fingerprint density at radius 2 is 1.83 bits per heavy atom. The highest BCUT2D eigenvalue weighted by molar-refractivity contribution is 6.20. The topological polar surface area (TPSA) is 23.9 Å². The van der Waals surface area contributed by atoms with Crippen LogP contribution in [0.15, 0.2) is 36.4 Å². The van der Waals surface area contributed by atoms with E-state index in [0.29, 0.717) is 5.71 Å². The van der Waals surface area contributed by atoms with E-state index in [9.17, 15) is 0 Å². The van der Waals surface area contributed by atoms with Crippen LogP contribution < -0.4 is 0 Å². The van der Waals surface area contributed by atoms with E-state index in [1.807, 2.05) is 50.3 Å². The van der Waals surface area contributed by atoms with Crippen LogP contribution in [0.4, 0.5) is 0 Å². The molecule has 0 aliphatic carbocycles. The molecule has 1 rings (SSSR count). The van der Waals surface area contributed by atoms with Gasteiger partial charge in [0.25, 0.3) is 0 Å². The Morgan fingerprint density at radius 1 is 1.25 bits per heavy atom. The fraction of sp³-hybridized carbons (Fsp3) is 0.182. The first-order valence-corrected chi connectivity index (χ1v) is 4.03. The van der Waals surface area contributed by atoms with Crippen molar-refractivity contribution in [3.63, 3.8) is 0 Å². The third-order valence-corrected chi connectivity index (χ3v) is 1.78. The van der Waals surface area contributed by atoms with Gasteiger partial charge in [-0.1, -0.05) is 36.4 Å². The van der Waals surface area contributed by atoms with Crippen LogP contribution >= 0.6 is 0 Å². The van der Waals surface area contributed by atoms with E-state index in [-0.39, 0.29) is 0 Å². The van der Waals surface area contributed by atoms with Crippen LogP contribution in [0.25, 0.3) is 5.57 Å². The zero-order valence-corrected chi connectivity index (χ0v) is 7.46. The number of nitrogens with one attached hydrogen (secondary N) is 1. The van der Waals surface area contributed by atoms with E-state index in [4.69, 9.17) is 5.41 Å². The first-order valence-electron chi connectivity index (χ1n) is 4.03. The lowest BCUT2D eigenvalue weighted by Crippen LogP contribution is -1.93. The number of hydrogen-bond donors (Lipinski definition) is 1. The maximum atomic E-state index is 7.52. The fourth-order valence-electron chi connectivity index (χ4n) is 1.22. The van der Waals surface area contributed by atoms with Crippen molar-refractivity contribution in [2.45, 2.75) is 13.8 Å². The second kappa shape index (κ2) is 3.86. The van der Waals surface area contributed by atoms with Gasteiger partial charge in [0, 0.05) is 5.71 Å². The summed E-state index contributed by atoms with van der Waals surface area (Å²) in [5, 5.41) is 7.52. The Balaban J connectivity index is 3.05. The van der Waals surface area contributed by atoms with Crippen LogP contribution in [0.2, 0.25) is 0 Å². The van der Waals surface area contributed by atoms with Crippen molar-refractivity contribution in [2.75, 3.05) is 0 Å². The first kappa shape index (κ1) is 8.72. The zero-order valence-electron chi connectivity index (χ0n) is 7.46. The third kappa shape index (κ3) is 1.82. The van der Waals surface area contributed by atoms with E-state index in [1.54, 1.807) is 0 Å². The van der Waals surface area contributed by atoms with Crippen molar-refractivity contribution in [1.82, 2.24) is 0 Å². The normalized spacial score (nSPS) is 11.3. The molecule has 1 heteroatoms. The van der Waals surface area contributed by atoms with Gasteiger partial charge in [0.15, 0.2) is 0 Å². The smallest absolute Gasteiger partial charge is 0.0357 e. The second-order valence-electron chi connectivity index (χ2n) is 2.69. The molecule has 0 bridgehead atoms. The number of rotatable bonds is 2. The molecule has 0 atom stereocenters. The quantitative estimate of drug-likeness (QED) is 0.641. The monoisotopic (exact) mass is 159 g/mol. The van der Waals surface area contributed by atoms with Crippen molar-refractivity contribution in [3.05, 3.63) is 42.0 Å². The number of benzene rings is 1. The van der Waals surface area contributed by atoms with Crippen LogP contribution in [0.5, 0.6) is 0 Å². The van der Waals surface area contributed by atoms with Gasteiger partial charge in [0.05, 0.1) is 0 Å². The molecular formula is C11H13N. The summed E-state index contributed by atoms with van der Waals surface area (Å²) in [4.78, 5) is 0. The van der Waals surface area contributed by atoms with Crippen LogP contribution in [0, 0.1) is 5.41 Å². The molecule has 0 fully saturated rings. The van der Waals surface area contributed by atoms with Gasteiger partial charge in [-0.15, -0.1) is 0 Å². The van der Waals surface area contributed by atoms with Crippen LogP contribution in [-0.4, -0.2) is 5.71 Å². The summed E-state index contributed by atoms with van der Waals surface area (Å²) in [6.07, 6.45) is 1.97. The molecule has 1 aromatic rings. The highest BCUT2D eigenvalue weighted by atomic mass is 14.4. The summed E-state index contributed by atoms with van der Waals surface area (Å²) >= 11 is 0. The average Bonchev–Trinajstić information content (AvgIpc) is 2.07. The minimum absolute atomic E-state index is 0.615. The van der Waals surface area contributed by atoms with Crippen LogP contribution in [-0.2, 0) is 0 Å². The molecule has 0 aliphatic rings. The molecule has 1 N–H and O–H groups in total. The molecule has 1 nitrogen and oxygen atoms in total. The Labute approximate surface area is 73.3 Å². The SMILES string of the molecule is C/C=C(\C(C)=N)c1ccccc1. The Kier molecular flexibility index (Phi) is 2.81. The van der Waals surface area contributed by atoms with Crippen molar-refractivity contribution >= 4 is 11.3 Å². The van der Waals surface area contributed by atoms with Gasteiger partial charge in [-0.25, -0.2) is 0 Å². The second-order valence-corrected chi connectivity index (χ2v) is 2.69. The summed E-state index contributed by atoms with van der Waals surface area (Å²) in [6, 6.07) is 10.0. The highest BCUT2D eigenvalue weighted by Gasteiger charge is 1.99. The Bertz CT molecular complexity index is 296. The average molecular weight is 159 g/mol. The van der Waals surface area contributed by atoms with Crippen molar-refractivity contribution in [3.8, 4) is 0 Å². The molecular weight excluding hydrogens is 146 g/mol. The maximum absolute atomic E-state index is 7.52. The predicted octanol–water partition coefficient (Wildman–Crippen LogP) is 3.13. The van der Waals surface area contributed by atoms with Crippen molar-refractivity contribution in [2.24, 2.45) is 0 Å². The van der Waals surface area contributed by atoms with Crippen LogP contribution in [0.1, 0.15) is 19.4 Å². The van der Waals surface area contributed by atoms with Gasteiger partial charge in [-0.3, -0.25) is 0 Å². The van der Waals surface area contributed by atoms with Crippen LogP contribution in [0.3, 0.4) is 0 Å². The predicted molar refractivity (Wildman–Crippen MR) is 53.5 cm³/mol. The van der Waals surface area contributed by atoms with Gasteiger partial charge in [0.2, 0.25) is 0 Å². The fourth-order valence-corrected chi connectivity index (χ4v) is 1.22. The molecule has 0 spiro atoms. The standard InChI is InChI=1S/C11H13N/c1-3-11(9(2)12)10-7-5-4-6-8-10/h3-8,12H,1-2H3/b11-3+,12-9?. The molecule has 1 aromatic carbocycles. The van der Waals surface area contributed by atoms with Crippen molar-refractivity contribution < 1.29 is 0 Å². The Hall–Kier alpha value is -1.37. The van der Waals surface area contributed by atoms with Crippen molar-refractivity contribution in [1.29, 1.82) is 5.41 Å². The van der Waals surface area contributed by atoms with E-state index >= 15 is 0 Å². The lowest BCUT2D eigenvalue weighted by molar-refractivity contribution is 1.48. The lowest BCUT2D eigenvalue weighted by atomic mass is 10.0. The zero-order chi connectivity index (χ0) is 8.97. The first-order chi connectivity index (χ1) is 5.75. The third-order valence-electron chi connectivity index (χ3n) is 1.78. The number of allylic oxidation sites excluding steroid dienone is 2. The Morgan fingerprint density at radius 3 is 2.25 bits per heavy atom. The van der Waals surface area contributed by atoms with E-state index < -0.39 is 0 Å². The summed E-state index contributed by atoms with van der Waals surface area (Å²) in [5.41, 5.74) is 2.74. The molecule has 0 amide bonds. The molecule has 0 radical (unpaired) electrons. The summed E-state index contributed by atoms with van der Waals surface area (Å²) in [6.45, 7) is 3.77. The molecule has 0 saturated heterocycles. The van der Waals surface area contributed by atoms with E-state index in [1.165, 1.54) is 0 Å². The summed E-state index contributed by atoms with van der Waals surface area (Å²) < 4.78 is 0. The molecule has 12 heavy (non-hydrogen) atoms. The molecule has 0 unspecified atom stereocenters. The largest absolute Gasteiger partial charge is 0.305 e. The lowest BCUT2D eigenvalue weighted by Gasteiger charge is -2.03. The summed E-state index contributed by atoms with van der Waals surface area (Å²) in [5.74, 6) is 0. The molecule has 0 heterocycles. The minimum Gasteiger partial charge on any atom is -0.305 e. The van der Waals surface area contributed by atoms with Gasteiger partial charge >= 0.3 is 0 Å².